The number of nitrogens with zero attached hydrogens (tertiary/aromatic N) is 1. The third kappa shape index (κ3) is 3.56. The van der Waals surface area contributed by atoms with Gasteiger partial charge in [-0.25, -0.2) is 8.78 Å². The topological polar surface area (TPSA) is 39.2 Å². The molecule has 0 aliphatic rings. The quantitative estimate of drug-likeness (QED) is 0.377. The van der Waals surface area contributed by atoms with Crippen LogP contribution in [0.3, 0.4) is 0 Å². The number of halogens is 4. The van der Waals surface area contributed by atoms with Gasteiger partial charge in [-0.3, -0.25) is 9.78 Å². The highest BCUT2D eigenvalue weighted by molar-refractivity contribution is 5.72. The fourth-order valence-corrected chi connectivity index (χ4v) is 1.60. The predicted molar refractivity (Wildman–Crippen MR) is 64.5 cm³/mol. The lowest BCUT2D eigenvalue weighted by Gasteiger charge is -2.07. The van der Waals surface area contributed by atoms with E-state index in [0.717, 1.165) is 5.56 Å². The number of ether oxygens (including phenoxy) is 1. The number of carbonyl (C=O) groups excluding carboxylic acids is 1. The molecule has 0 saturated heterocycles. The van der Waals surface area contributed by atoms with Gasteiger partial charge in [0.25, 0.3) is 0 Å². The molecule has 0 N–H and O–H groups in total. The Morgan fingerprint density at radius 2 is 1.62 bits per heavy atom. The van der Waals surface area contributed by atoms with Crippen LogP contribution in [0.4, 0.5) is 17.6 Å². The Kier molecular flexibility index (Phi) is 4.52. The fourth-order valence-electron chi connectivity index (χ4n) is 1.60. The summed E-state index contributed by atoms with van der Waals surface area (Å²) in [5.41, 5.74) is 0.758. The van der Waals surface area contributed by atoms with Gasteiger partial charge in [0.05, 0.1) is 0 Å². The van der Waals surface area contributed by atoms with Crippen LogP contribution in [-0.4, -0.2) is 11.0 Å². The predicted octanol–water partition coefficient (Wildman–Crippen LogP) is 3.18. The summed E-state index contributed by atoms with van der Waals surface area (Å²) in [5.74, 6) is -9.13. The van der Waals surface area contributed by atoms with Crippen LogP contribution in [0.5, 0.6) is 5.75 Å². The van der Waals surface area contributed by atoms with E-state index in [-0.39, 0.29) is 18.9 Å². The molecular formula is C14H9F4NO2. The van der Waals surface area contributed by atoms with Crippen LogP contribution in [0, 0.1) is 23.3 Å². The summed E-state index contributed by atoms with van der Waals surface area (Å²) < 4.78 is 56.9. The highest BCUT2D eigenvalue weighted by Crippen LogP contribution is 2.26. The normalized spacial score (nSPS) is 10.5. The number of aromatic nitrogens is 1. The van der Waals surface area contributed by atoms with Crippen molar-refractivity contribution in [1.82, 2.24) is 4.98 Å². The van der Waals surface area contributed by atoms with Crippen molar-refractivity contribution in [2.75, 3.05) is 0 Å². The molecule has 0 spiro atoms. The van der Waals surface area contributed by atoms with E-state index in [1.807, 2.05) is 0 Å². The lowest BCUT2D eigenvalue weighted by atomic mass is 10.1. The van der Waals surface area contributed by atoms with E-state index in [0.29, 0.717) is 0 Å². The zero-order valence-electron chi connectivity index (χ0n) is 10.6. The second-order valence-corrected chi connectivity index (χ2v) is 4.13. The minimum Gasteiger partial charge on any atom is -0.420 e. The molecule has 0 fully saturated rings. The first-order valence-electron chi connectivity index (χ1n) is 5.91. The number of pyridine rings is 1. The Hall–Kier alpha value is -2.44. The molecule has 0 aliphatic heterocycles. The Balaban J connectivity index is 2.07. The lowest BCUT2D eigenvalue weighted by Crippen LogP contribution is -2.12. The minimum atomic E-state index is -1.74. The van der Waals surface area contributed by atoms with Crippen molar-refractivity contribution in [3.8, 4) is 5.75 Å². The molecule has 21 heavy (non-hydrogen) atoms. The highest BCUT2D eigenvalue weighted by Gasteiger charge is 2.22. The van der Waals surface area contributed by atoms with Crippen LogP contribution in [0.15, 0.2) is 30.6 Å². The first kappa shape index (κ1) is 15.0. The Morgan fingerprint density at radius 3 is 2.19 bits per heavy atom. The van der Waals surface area contributed by atoms with Crippen molar-refractivity contribution < 1.29 is 27.1 Å². The van der Waals surface area contributed by atoms with E-state index in [4.69, 9.17) is 0 Å². The van der Waals surface area contributed by atoms with E-state index in [2.05, 4.69) is 9.72 Å². The number of carbonyl (C=O) groups is 1. The molecule has 2 rings (SSSR count). The van der Waals surface area contributed by atoms with Gasteiger partial charge < -0.3 is 4.74 Å². The number of aryl methyl sites for hydroxylation is 1. The number of benzene rings is 1. The van der Waals surface area contributed by atoms with E-state index in [1.165, 1.54) is 12.4 Å². The summed E-state index contributed by atoms with van der Waals surface area (Å²) in [5, 5.41) is 0. The Labute approximate surface area is 117 Å². The second-order valence-electron chi connectivity index (χ2n) is 4.13. The Bertz CT molecular complexity index is 636. The van der Waals surface area contributed by atoms with Gasteiger partial charge in [0, 0.05) is 24.9 Å². The molecule has 0 atom stereocenters. The average Bonchev–Trinajstić information content (AvgIpc) is 2.48. The van der Waals surface area contributed by atoms with Crippen LogP contribution in [0.25, 0.3) is 0 Å². The molecule has 3 nitrogen and oxygen atoms in total. The monoisotopic (exact) mass is 299 g/mol. The largest absolute Gasteiger partial charge is 0.420 e. The molecule has 0 amide bonds. The maximum absolute atomic E-state index is 13.3. The number of hydrogen-bond donors (Lipinski definition) is 0. The van der Waals surface area contributed by atoms with Gasteiger partial charge in [-0.2, -0.15) is 8.78 Å². The van der Waals surface area contributed by atoms with Gasteiger partial charge in [0.1, 0.15) is 0 Å². The first-order chi connectivity index (χ1) is 9.99. The summed E-state index contributed by atoms with van der Waals surface area (Å²) in [4.78, 5) is 15.3. The van der Waals surface area contributed by atoms with E-state index >= 15 is 0 Å². The van der Waals surface area contributed by atoms with E-state index in [1.54, 1.807) is 12.1 Å². The van der Waals surface area contributed by atoms with E-state index in [9.17, 15) is 22.4 Å². The molecule has 0 radical (unpaired) electrons. The van der Waals surface area contributed by atoms with Crippen molar-refractivity contribution in [3.63, 3.8) is 0 Å². The molecule has 110 valence electrons. The molecule has 2 aromatic rings. The number of hydrogen-bond acceptors (Lipinski definition) is 3. The molecule has 1 aromatic carbocycles. The van der Waals surface area contributed by atoms with E-state index < -0.39 is 35.0 Å². The molecule has 0 saturated carbocycles. The summed E-state index contributed by atoms with van der Waals surface area (Å²) in [6.45, 7) is 0. The summed E-state index contributed by atoms with van der Waals surface area (Å²) in [6.07, 6.45) is 3.06. The van der Waals surface area contributed by atoms with Crippen molar-refractivity contribution >= 4 is 5.97 Å². The van der Waals surface area contributed by atoms with Crippen molar-refractivity contribution in [2.45, 2.75) is 12.8 Å². The zero-order chi connectivity index (χ0) is 15.4. The second kappa shape index (κ2) is 6.34. The van der Waals surface area contributed by atoms with Crippen LogP contribution in [-0.2, 0) is 11.2 Å². The zero-order valence-corrected chi connectivity index (χ0v) is 10.6. The standard InChI is InChI=1S/C14H9F4NO2/c15-9-7-10(16)13(18)14(12(9)17)21-11(20)2-1-8-3-5-19-6-4-8/h3-7H,1-2H2. The molecule has 1 heterocycles. The molecule has 0 bridgehead atoms. The summed E-state index contributed by atoms with van der Waals surface area (Å²) in [6, 6.07) is 3.34. The van der Waals surface area contributed by atoms with Crippen molar-refractivity contribution in [1.29, 1.82) is 0 Å². The lowest BCUT2D eigenvalue weighted by molar-refractivity contribution is -0.134. The minimum absolute atomic E-state index is 0.0406. The van der Waals surface area contributed by atoms with Crippen LogP contribution >= 0.6 is 0 Å². The molecule has 0 unspecified atom stereocenters. The third-order valence-electron chi connectivity index (χ3n) is 2.65. The van der Waals surface area contributed by atoms with Gasteiger partial charge in [0.2, 0.25) is 17.4 Å². The summed E-state index contributed by atoms with van der Waals surface area (Å²) in [7, 11) is 0. The van der Waals surface area contributed by atoms with Crippen molar-refractivity contribution in [2.24, 2.45) is 0 Å². The van der Waals surface area contributed by atoms with Gasteiger partial charge in [0.15, 0.2) is 11.6 Å². The van der Waals surface area contributed by atoms with Gasteiger partial charge in [-0.15, -0.1) is 0 Å². The number of rotatable bonds is 4. The smallest absolute Gasteiger partial charge is 0.311 e. The fraction of sp³-hybridized carbons (Fsp3) is 0.143. The molecule has 7 heteroatoms. The van der Waals surface area contributed by atoms with Crippen molar-refractivity contribution in [3.05, 3.63) is 59.4 Å². The van der Waals surface area contributed by atoms with Gasteiger partial charge >= 0.3 is 5.97 Å². The summed E-state index contributed by atoms with van der Waals surface area (Å²) >= 11 is 0. The maximum atomic E-state index is 13.3. The van der Waals surface area contributed by atoms with Gasteiger partial charge in [-0.05, 0) is 24.1 Å². The Morgan fingerprint density at radius 1 is 1.05 bits per heavy atom. The van der Waals surface area contributed by atoms with Crippen LogP contribution in [0.2, 0.25) is 0 Å². The average molecular weight is 299 g/mol. The molecule has 1 aromatic heterocycles. The highest BCUT2D eigenvalue weighted by atomic mass is 19.2. The SMILES string of the molecule is O=C(CCc1ccncc1)Oc1c(F)c(F)cc(F)c1F. The maximum Gasteiger partial charge on any atom is 0.311 e. The first-order valence-corrected chi connectivity index (χ1v) is 5.91. The van der Waals surface area contributed by atoms with Crippen LogP contribution < -0.4 is 4.74 Å². The molecular weight excluding hydrogens is 290 g/mol. The van der Waals surface area contributed by atoms with Gasteiger partial charge in [-0.1, -0.05) is 0 Å². The molecule has 0 aliphatic carbocycles. The third-order valence-corrected chi connectivity index (χ3v) is 2.65. The van der Waals surface area contributed by atoms with Crippen LogP contribution in [0.1, 0.15) is 12.0 Å². The number of esters is 1.